The van der Waals surface area contributed by atoms with Crippen LogP contribution in [0.5, 0.6) is 0 Å². The minimum atomic E-state index is -0.115. The minimum Gasteiger partial charge on any atom is -0.361 e. The maximum Gasteiger partial charge on any atom is 0.108 e. The van der Waals surface area contributed by atoms with Crippen molar-refractivity contribution in [1.29, 1.82) is 0 Å². The van der Waals surface area contributed by atoms with Crippen LogP contribution in [0.15, 0.2) is 121 Å². The summed E-state index contributed by atoms with van der Waals surface area (Å²) in [5, 5.41) is 0. The fourth-order valence-corrected chi connectivity index (χ4v) is 3.51. The number of hydrogen-bond donors (Lipinski definition) is 0. The fraction of sp³-hybridized carbons (Fsp3) is 0.111. The molecule has 0 aliphatic carbocycles. The third-order valence-corrected chi connectivity index (χ3v) is 4.94. The molecule has 0 N–H and O–H groups in total. The Balaban J connectivity index is 1.70. The predicted molar refractivity (Wildman–Crippen MR) is 115 cm³/mol. The van der Waals surface area contributed by atoms with Gasteiger partial charge >= 0.3 is 0 Å². The van der Waals surface area contributed by atoms with Gasteiger partial charge in [-0.15, -0.1) is 0 Å². The highest BCUT2D eigenvalue weighted by atomic mass is 16.5. The van der Waals surface area contributed by atoms with Gasteiger partial charge in [0.15, 0.2) is 0 Å². The number of ether oxygens (including phenoxy) is 1. The van der Waals surface area contributed by atoms with Gasteiger partial charge in [0.2, 0.25) is 0 Å². The van der Waals surface area contributed by atoms with Crippen LogP contribution in [0.3, 0.4) is 0 Å². The van der Waals surface area contributed by atoms with E-state index < -0.39 is 0 Å². The van der Waals surface area contributed by atoms with Crippen molar-refractivity contribution in [1.82, 2.24) is 0 Å². The van der Waals surface area contributed by atoms with E-state index in [1.54, 1.807) is 0 Å². The molecule has 1 nitrogen and oxygen atoms in total. The summed E-state index contributed by atoms with van der Waals surface area (Å²) in [5.41, 5.74) is 4.81. The summed E-state index contributed by atoms with van der Waals surface area (Å²) < 4.78 is 6.81. The van der Waals surface area contributed by atoms with Crippen LogP contribution in [0.4, 0.5) is 0 Å². The largest absolute Gasteiger partial charge is 0.361 e. The summed E-state index contributed by atoms with van der Waals surface area (Å²) in [5.74, 6) is 0. The molecule has 4 rings (SSSR count). The molecule has 0 amide bonds. The Bertz CT molecular complexity index is 911. The van der Waals surface area contributed by atoms with Crippen LogP contribution in [0.1, 0.15) is 34.5 Å². The van der Waals surface area contributed by atoms with Crippen molar-refractivity contribution in [3.63, 3.8) is 0 Å². The number of hydrogen-bond acceptors (Lipinski definition) is 1. The first-order valence-electron chi connectivity index (χ1n) is 9.74. The first kappa shape index (κ1) is 18.2. The SMILES string of the molecule is c1ccc(CC(OC(c2ccccc2)c2ccccc2)c2ccccc2)cc1. The minimum absolute atomic E-state index is 0.0333. The van der Waals surface area contributed by atoms with Crippen LogP contribution in [-0.4, -0.2) is 0 Å². The maximum absolute atomic E-state index is 6.81. The molecule has 1 atom stereocenters. The molecule has 4 aromatic carbocycles. The summed E-state index contributed by atoms with van der Waals surface area (Å²) in [6.45, 7) is 0. The predicted octanol–water partition coefficient (Wildman–Crippen LogP) is 6.78. The van der Waals surface area contributed by atoms with Crippen molar-refractivity contribution in [2.24, 2.45) is 0 Å². The average molecular weight is 364 g/mol. The monoisotopic (exact) mass is 364 g/mol. The van der Waals surface area contributed by atoms with Gasteiger partial charge in [-0.25, -0.2) is 0 Å². The van der Waals surface area contributed by atoms with Crippen LogP contribution < -0.4 is 0 Å². The summed E-state index contributed by atoms with van der Waals surface area (Å²) in [6, 6.07) is 42.0. The Morgan fingerprint density at radius 2 is 0.857 bits per heavy atom. The molecule has 0 fully saturated rings. The summed E-state index contributed by atoms with van der Waals surface area (Å²) >= 11 is 0. The van der Waals surface area contributed by atoms with Crippen molar-refractivity contribution >= 4 is 0 Å². The van der Waals surface area contributed by atoms with Gasteiger partial charge in [-0.3, -0.25) is 0 Å². The lowest BCUT2D eigenvalue weighted by Gasteiger charge is -2.26. The molecule has 0 aliphatic rings. The van der Waals surface area contributed by atoms with Gasteiger partial charge in [-0.05, 0) is 22.3 Å². The van der Waals surface area contributed by atoms with Gasteiger partial charge in [0.1, 0.15) is 6.10 Å². The van der Waals surface area contributed by atoms with Gasteiger partial charge in [-0.2, -0.15) is 0 Å². The summed E-state index contributed by atoms with van der Waals surface area (Å²) in [4.78, 5) is 0. The van der Waals surface area contributed by atoms with Crippen LogP contribution in [-0.2, 0) is 11.2 Å². The highest BCUT2D eigenvalue weighted by Gasteiger charge is 2.22. The molecule has 0 spiro atoms. The van der Waals surface area contributed by atoms with E-state index in [1.165, 1.54) is 22.3 Å². The Labute approximate surface area is 167 Å². The molecular formula is C27H24O. The van der Waals surface area contributed by atoms with Crippen LogP contribution >= 0.6 is 0 Å². The van der Waals surface area contributed by atoms with E-state index in [2.05, 4.69) is 109 Å². The zero-order chi connectivity index (χ0) is 19.0. The summed E-state index contributed by atoms with van der Waals surface area (Å²) in [6.07, 6.45) is 0.687. The van der Waals surface area contributed by atoms with Crippen molar-refractivity contribution in [3.8, 4) is 0 Å². The zero-order valence-corrected chi connectivity index (χ0v) is 15.8. The molecule has 28 heavy (non-hydrogen) atoms. The first-order chi connectivity index (χ1) is 13.9. The average Bonchev–Trinajstić information content (AvgIpc) is 2.79. The van der Waals surface area contributed by atoms with E-state index in [-0.39, 0.29) is 12.2 Å². The van der Waals surface area contributed by atoms with Crippen LogP contribution in [0.25, 0.3) is 0 Å². The Kier molecular flexibility index (Phi) is 5.96. The Morgan fingerprint density at radius 3 is 1.32 bits per heavy atom. The molecule has 1 unspecified atom stereocenters. The second kappa shape index (κ2) is 9.16. The van der Waals surface area contributed by atoms with Crippen molar-refractivity contribution in [2.45, 2.75) is 18.6 Å². The zero-order valence-electron chi connectivity index (χ0n) is 15.8. The quantitative estimate of drug-likeness (QED) is 0.351. The van der Waals surface area contributed by atoms with Gasteiger partial charge in [-0.1, -0.05) is 121 Å². The van der Waals surface area contributed by atoms with Crippen LogP contribution in [0, 0.1) is 0 Å². The van der Waals surface area contributed by atoms with Gasteiger partial charge in [0.25, 0.3) is 0 Å². The normalized spacial score (nSPS) is 12.0. The molecule has 0 aliphatic heterocycles. The lowest BCUT2D eigenvalue weighted by molar-refractivity contribution is 0.00699. The highest BCUT2D eigenvalue weighted by molar-refractivity contribution is 5.31. The van der Waals surface area contributed by atoms with E-state index in [0.29, 0.717) is 0 Å². The third-order valence-electron chi connectivity index (χ3n) is 4.94. The second-order valence-electron chi connectivity index (χ2n) is 6.93. The smallest absolute Gasteiger partial charge is 0.108 e. The van der Waals surface area contributed by atoms with Crippen LogP contribution in [0.2, 0.25) is 0 Å². The van der Waals surface area contributed by atoms with E-state index in [1.807, 2.05) is 12.1 Å². The lowest BCUT2D eigenvalue weighted by Crippen LogP contribution is -2.14. The summed E-state index contributed by atoms with van der Waals surface area (Å²) in [7, 11) is 0. The van der Waals surface area contributed by atoms with E-state index >= 15 is 0 Å². The topological polar surface area (TPSA) is 9.23 Å². The molecule has 1 heteroatoms. The fourth-order valence-electron chi connectivity index (χ4n) is 3.51. The van der Waals surface area contributed by atoms with Gasteiger partial charge < -0.3 is 4.74 Å². The molecule has 0 bridgehead atoms. The van der Waals surface area contributed by atoms with Crippen molar-refractivity contribution < 1.29 is 4.74 Å². The highest BCUT2D eigenvalue weighted by Crippen LogP contribution is 2.34. The standard InChI is InChI=1S/C27H24O/c1-5-13-22(14-6-1)21-26(23-15-7-2-8-16-23)28-27(24-17-9-3-10-18-24)25-19-11-4-12-20-25/h1-20,26-27H,21H2. The molecule has 0 saturated carbocycles. The first-order valence-corrected chi connectivity index (χ1v) is 9.74. The molecular weight excluding hydrogens is 340 g/mol. The van der Waals surface area contributed by atoms with E-state index in [0.717, 1.165) is 6.42 Å². The molecule has 0 radical (unpaired) electrons. The Hall–Kier alpha value is -3.16. The molecule has 138 valence electrons. The third kappa shape index (κ3) is 4.57. The molecule has 0 heterocycles. The molecule has 0 aromatic heterocycles. The number of benzene rings is 4. The molecule has 4 aromatic rings. The van der Waals surface area contributed by atoms with E-state index in [4.69, 9.17) is 4.74 Å². The lowest BCUT2D eigenvalue weighted by atomic mass is 9.98. The van der Waals surface area contributed by atoms with Crippen molar-refractivity contribution in [2.75, 3.05) is 0 Å². The molecule has 0 saturated heterocycles. The Morgan fingerprint density at radius 1 is 0.464 bits per heavy atom. The van der Waals surface area contributed by atoms with Gasteiger partial charge in [0.05, 0.1) is 6.10 Å². The second-order valence-corrected chi connectivity index (χ2v) is 6.93. The van der Waals surface area contributed by atoms with Crippen molar-refractivity contribution in [3.05, 3.63) is 144 Å². The maximum atomic E-state index is 6.81. The van der Waals surface area contributed by atoms with E-state index in [9.17, 15) is 0 Å². The van der Waals surface area contributed by atoms with Gasteiger partial charge in [0, 0.05) is 6.42 Å². The number of rotatable bonds is 7.